The fraction of sp³-hybridized carbons (Fsp3) is 0.667. The maximum Gasteiger partial charge on any atom is 0.277 e. The smallest absolute Gasteiger partial charge is 0.277 e. The number of nitrogens with two attached hydrogens (primary N) is 1. The minimum atomic E-state index is -0.332. The Morgan fingerprint density at radius 3 is 2.67 bits per heavy atom. The highest BCUT2D eigenvalue weighted by Crippen LogP contribution is 2.29. The number of hydrogen-bond donors (Lipinski definition) is 1. The molecule has 2 N–H and O–H groups in total. The van der Waals surface area contributed by atoms with Gasteiger partial charge in [-0.3, -0.25) is 10.1 Å². The van der Waals surface area contributed by atoms with Crippen molar-refractivity contribution in [2.24, 2.45) is 5.73 Å². The van der Waals surface area contributed by atoms with Crippen LogP contribution in [-0.2, 0) is 0 Å². The fourth-order valence-corrected chi connectivity index (χ4v) is 2.99. The van der Waals surface area contributed by atoms with Gasteiger partial charge in [0.2, 0.25) is 0 Å². The molecule has 0 aliphatic heterocycles. The molecule has 21 heavy (non-hydrogen) atoms. The van der Waals surface area contributed by atoms with Crippen molar-refractivity contribution >= 4 is 11.5 Å². The predicted octanol–water partition coefficient (Wildman–Crippen LogP) is 2.78. The number of hydrogen-bond acceptors (Lipinski definition) is 5. The summed E-state index contributed by atoms with van der Waals surface area (Å²) in [6.07, 6.45) is 6.68. The summed E-state index contributed by atoms with van der Waals surface area (Å²) >= 11 is 0. The summed E-state index contributed by atoms with van der Waals surface area (Å²) in [6.45, 7) is 4.70. The minimum absolute atomic E-state index is 0.147. The molecule has 1 aromatic rings. The molecular weight excluding hydrogens is 268 g/mol. The molecule has 1 aromatic heterocycles. The molecule has 1 fully saturated rings. The van der Waals surface area contributed by atoms with Crippen molar-refractivity contribution in [1.29, 1.82) is 0 Å². The Kier molecular flexibility index (Phi) is 5.12. The van der Waals surface area contributed by atoms with Gasteiger partial charge in [-0.2, -0.15) is 0 Å². The molecule has 0 unspecified atom stereocenters. The number of rotatable bonds is 5. The third-order valence-corrected chi connectivity index (χ3v) is 4.20. The van der Waals surface area contributed by atoms with Gasteiger partial charge in [0, 0.05) is 30.4 Å². The van der Waals surface area contributed by atoms with E-state index in [0.717, 1.165) is 44.5 Å². The second-order valence-corrected chi connectivity index (χ2v) is 5.85. The highest BCUT2D eigenvalue weighted by atomic mass is 16.6. The van der Waals surface area contributed by atoms with E-state index in [1.165, 1.54) is 0 Å². The first-order valence-corrected chi connectivity index (χ1v) is 7.66. The van der Waals surface area contributed by atoms with Crippen LogP contribution >= 0.6 is 0 Å². The van der Waals surface area contributed by atoms with E-state index in [2.05, 4.69) is 16.8 Å². The number of aryl methyl sites for hydroxylation is 1. The van der Waals surface area contributed by atoms with Crippen LogP contribution in [-0.4, -0.2) is 28.5 Å². The Morgan fingerprint density at radius 2 is 2.10 bits per heavy atom. The lowest BCUT2D eigenvalue weighted by Crippen LogP contribution is -2.41. The summed E-state index contributed by atoms with van der Waals surface area (Å²) in [7, 11) is 0. The minimum Gasteiger partial charge on any atom is -0.353 e. The topological polar surface area (TPSA) is 85.3 Å². The molecule has 0 radical (unpaired) electrons. The molecule has 0 spiro atoms. The second-order valence-electron chi connectivity index (χ2n) is 5.85. The molecule has 1 aliphatic rings. The maximum atomic E-state index is 11.1. The van der Waals surface area contributed by atoms with Crippen LogP contribution in [0.2, 0.25) is 0 Å². The van der Waals surface area contributed by atoms with Crippen LogP contribution in [0.1, 0.15) is 44.6 Å². The van der Waals surface area contributed by atoms with E-state index in [1.54, 1.807) is 19.2 Å². The first-order chi connectivity index (χ1) is 10.0. The highest BCUT2D eigenvalue weighted by molar-refractivity contribution is 5.51. The summed E-state index contributed by atoms with van der Waals surface area (Å²) in [5.41, 5.74) is 6.72. The van der Waals surface area contributed by atoms with Crippen molar-refractivity contribution in [3.8, 4) is 0 Å². The van der Waals surface area contributed by atoms with Gasteiger partial charge in [-0.1, -0.05) is 6.92 Å². The number of pyridine rings is 1. The molecule has 0 aromatic carbocycles. The molecule has 0 bridgehead atoms. The highest BCUT2D eigenvalue weighted by Gasteiger charge is 2.26. The number of anilines is 1. The van der Waals surface area contributed by atoms with E-state index in [-0.39, 0.29) is 10.6 Å². The first kappa shape index (κ1) is 15.7. The molecule has 0 amide bonds. The van der Waals surface area contributed by atoms with E-state index >= 15 is 0 Å². The fourth-order valence-electron chi connectivity index (χ4n) is 2.99. The average molecular weight is 292 g/mol. The summed E-state index contributed by atoms with van der Waals surface area (Å²) < 4.78 is 0. The largest absolute Gasteiger partial charge is 0.353 e. The van der Waals surface area contributed by atoms with Gasteiger partial charge in [0.1, 0.15) is 5.82 Å². The predicted molar refractivity (Wildman–Crippen MR) is 83.5 cm³/mol. The molecule has 1 saturated carbocycles. The van der Waals surface area contributed by atoms with Crippen molar-refractivity contribution < 1.29 is 4.92 Å². The van der Waals surface area contributed by atoms with Gasteiger partial charge in [0.25, 0.3) is 5.69 Å². The van der Waals surface area contributed by atoms with Gasteiger partial charge in [-0.25, -0.2) is 4.98 Å². The van der Waals surface area contributed by atoms with E-state index in [1.807, 2.05) is 0 Å². The van der Waals surface area contributed by atoms with Crippen LogP contribution in [0.3, 0.4) is 0 Å². The molecular formula is C15H24N4O2. The quantitative estimate of drug-likeness (QED) is 0.666. The zero-order valence-electron chi connectivity index (χ0n) is 12.8. The Labute approximate surface area is 125 Å². The zero-order chi connectivity index (χ0) is 15.4. The molecule has 0 atom stereocenters. The molecule has 116 valence electrons. The van der Waals surface area contributed by atoms with Gasteiger partial charge in [-0.05, 0) is 39.0 Å². The average Bonchev–Trinajstić information content (AvgIpc) is 2.46. The molecule has 6 nitrogen and oxygen atoms in total. The zero-order valence-corrected chi connectivity index (χ0v) is 12.8. The van der Waals surface area contributed by atoms with E-state index in [4.69, 9.17) is 5.73 Å². The van der Waals surface area contributed by atoms with Crippen LogP contribution in [0.5, 0.6) is 0 Å². The monoisotopic (exact) mass is 292 g/mol. The lowest BCUT2D eigenvalue weighted by Gasteiger charge is -2.36. The Morgan fingerprint density at radius 1 is 1.43 bits per heavy atom. The third kappa shape index (κ3) is 3.69. The van der Waals surface area contributed by atoms with Crippen molar-refractivity contribution in [3.05, 3.63) is 27.9 Å². The number of nitro groups is 1. The number of aromatic nitrogens is 1. The second kappa shape index (κ2) is 6.85. The van der Waals surface area contributed by atoms with Gasteiger partial charge in [-0.15, -0.1) is 0 Å². The van der Waals surface area contributed by atoms with Gasteiger partial charge >= 0.3 is 0 Å². The van der Waals surface area contributed by atoms with Crippen molar-refractivity contribution in [3.63, 3.8) is 0 Å². The molecule has 1 aliphatic carbocycles. The lowest BCUT2D eigenvalue weighted by molar-refractivity contribution is -0.385. The summed E-state index contributed by atoms with van der Waals surface area (Å²) in [5, 5.41) is 11.1. The molecule has 0 saturated heterocycles. The van der Waals surface area contributed by atoms with Crippen LogP contribution in [0.4, 0.5) is 11.5 Å². The summed E-state index contributed by atoms with van der Waals surface area (Å²) in [6, 6.07) is 2.30. The molecule has 2 rings (SSSR count). The number of nitrogens with zero attached hydrogens (tertiary/aromatic N) is 3. The van der Waals surface area contributed by atoms with Crippen LogP contribution in [0, 0.1) is 17.0 Å². The standard InChI is InChI=1S/C15H24N4O2/c1-3-8-18(13-6-4-12(16)5-7-13)15-9-14(19(20)21)11(2)10-17-15/h9-10,12-13H,3-8,16H2,1-2H3. The summed E-state index contributed by atoms with van der Waals surface area (Å²) in [4.78, 5) is 17.4. The molecule has 6 heteroatoms. The SMILES string of the molecule is CCCN(c1cc([N+](=O)[O-])c(C)cn1)C1CCC(N)CC1. The van der Waals surface area contributed by atoms with E-state index in [0.29, 0.717) is 17.6 Å². The van der Waals surface area contributed by atoms with E-state index < -0.39 is 0 Å². The Bertz CT molecular complexity index is 498. The van der Waals surface area contributed by atoms with Gasteiger partial charge in [0.05, 0.1) is 11.0 Å². The Balaban J connectivity index is 2.25. The first-order valence-electron chi connectivity index (χ1n) is 7.66. The lowest BCUT2D eigenvalue weighted by atomic mass is 9.90. The maximum absolute atomic E-state index is 11.1. The van der Waals surface area contributed by atoms with E-state index in [9.17, 15) is 10.1 Å². The van der Waals surface area contributed by atoms with Gasteiger partial charge < -0.3 is 10.6 Å². The van der Waals surface area contributed by atoms with Gasteiger partial charge in [0.15, 0.2) is 0 Å². The summed E-state index contributed by atoms with van der Waals surface area (Å²) in [5.74, 6) is 0.717. The van der Waals surface area contributed by atoms with Crippen molar-refractivity contribution in [2.45, 2.75) is 58.0 Å². The molecule has 1 heterocycles. The normalized spacial score (nSPS) is 22.0. The van der Waals surface area contributed by atoms with Crippen molar-refractivity contribution in [1.82, 2.24) is 4.98 Å². The van der Waals surface area contributed by atoms with Crippen molar-refractivity contribution in [2.75, 3.05) is 11.4 Å². The Hall–Kier alpha value is -1.69. The van der Waals surface area contributed by atoms with Crippen LogP contribution in [0.15, 0.2) is 12.3 Å². The third-order valence-electron chi connectivity index (χ3n) is 4.20. The van der Waals surface area contributed by atoms with Crippen LogP contribution in [0.25, 0.3) is 0 Å². The van der Waals surface area contributed by atoms with Crippen LogP contribution < -0.4 is 10.6 Å².